The molecule has 0 radical (unpaired) electrons. The fourth-order valence-corrected chi connectivity index (χ4v) is 3.12. The van der Waals surface area contributed by atoms with Crippen molar-refractivity contribution in [3.63, 3.8) is 0 Å². The second kappa shape index (κ2) is 15.1. The van der Waals surface area contributed by atoms with Gasteiger partial charge in [-0.3, -0.25) is 20.2 Å². The van der Waals surface area contributed by atoms with Crippen molar-refractivity contribution >= 4 is 45.5 Å². The van der Waals surface area contributed by atoms with Gasteiger partial charge in [-0.2, -0.15) is 0 Å². The molecule has 0 aliphatic carbocycles. The van der Waals surface area contributed by atoms with Gasteiger partial charge in [-0.05, 0) is 12.8 Å². The Hall–Kier alpha value is -1.42. The minimum atomic E-state index is -0.507. The van der Waals surface area contributed by atoms with Crippen LogP contribution in [0.15, 0.2) is 0 Å². The topological polar surface area (TPSA) is 116 Å². The quantitative estimate of drug-likeness (QED) is 0.321. The molecule has 0 heterocycles. The molecule has 0 saturated carbocycles. The van der Waals surface area contributed by atoms with E-state index >= 15 is 0 Å². The van der Waals surface area contributed by atoms with Crippen LogP contribution in [0.2, 0.25) is 0 Å². The van der Waals surface area contributed by atoms with Gasteiger partial charge in [-0.15, -0.1) is 0 Å². The van der Waals surface area contributed by atoms with Crippen LogP contribution in [0.3, 0.4) is 0 Å². The van der Waals surface area contributed by atoms with Gasteiger partial charge >= 0.3 is 12.1 Å². The average molecular weight is 379 g/mol. The van der Waals surface area contributed by atoms with Gasteiger partial charge in [-0.25, -0.2) is 9.59 Å². The molecule has 0 saturated heterocycles. The molecule has 0 fully saturated rings. The largest absolute Gasteiger partial charge is 0.338 e. The number of carbonyl (C=O) groups is 4. The standard InChI is InChI=1S/C14H26N4O4S2/c1-3-5-6-11(19)17-14(22)16-8-9-23-24-10-12(20)18-13(21)15-7-4-2/h3-10H2,1-2H3,(H2,15,18,20,21)(H2,16,17,19,22). The van der Waals surface area contributed by atoms with Crippen LogP contribution < -0.4 is 21.3 Å². The molecule has 0 atom stereocenters. The summed E-state index contributed by atoms with van der Waals surface area (Å²) in [7, 11) is 2.69. The van der Waals surface area contributed by atoms with Gasteiger partial charge in [0.15, 0.2) is 0 Å². The van der Waals surface area contributed by atoms with E-state index in [1.54, 1.807) is 0 Å². The van der Waals surface area contributed by atoms with E-state index in [1.165, 1.54) is 21.6 Å². The minimum absolute atomic E-state index is 0.145. The van der Waals surface area contributed by atoms with Crippen LogP contribution in [-0.2, 0) is 9.59 Å². The first kappa shape index (κ1) is 22.6. The van der Waals surface area contributed by atoms with Gasteiger partial charge < -0.3 is 10.6 Å². The Bertz CT molecular complexity index is 384. The first-order valence-electron chi connectivity index (χ1n) is 7.89. The van der Waals surface area contributed by atoms with Crippen LogP contribution in [0.5, 0.6) is 0 Å². The molecule has 4 N–H and O–H groups in total. The number of nitrogens with one attached hydrogen (secondary N) is 4. The lowest BCUT2D eigenvalue weighted by Gasteiger charge is -2.07. The van der Waals surface area contributed by atoms with Crippen molar-refractivity contribution in [1.82, 2.24) is 21.3 Å². The van der Waals surface area contributed by atoms with E-state index in [-0.39, 0.29) is 17.6 Å². The van der Waals surface area contributed by atoms with Crippen LogP contribution in [0, 0.1) is 0 Å². The summed E-state index contributed by atoms with van der Waals surface area (Å²) in [5, 5.41) is 9.58. The number of imide groups is 2. The molecule has 0 unspecified atom stereocenters. The molecule has 0 rings (SSSR count). The van der Waals surface area contributed by atoms with Crippen molar-refractivity contribution < 1.29 is 19.2 Å². The third-order valence-electron chi connectivity index (χ3n) is 2.54. The van der Waals surface area contributed by atoms with Gasteiger partial charge in [-0.1, -0.05) is 41.9 Å². The smallest absolute Gasteiger partial charge is 0.321 e. The summed E-state index contributed by atoms with van der Waals surface area (Å²) in [4.78, 5) is 45.4. The molecule has 10 heteroatoms. The molecule has 8 nitrogen and oxygen atoms in total. The maximum Gasteiger partial charge on any atom is 0.321 e. The molecule has 0 aliphatic rings. The van der Waals surface area contributed by atoms with Crippen molar-refractivity contribution in [2.45, 2.75) is 39.5 Å². The highest BCUT2D eigenvalue weighted by atomic mass is 33.1. The molecule has 138 valence electrons. The predicted molar refractivity (Wildman–Crippen MR) is 97.8 cm³/mol. The van der Waals surface area contributed by atoms with Crippen LogP contribution in [-0.4, -0.2) is 48.5 Å². The minimum Gasteiger partial charge on any atom is -0.338 e. The summed E-state index contributed by atoms with van der Waals surface area (Å²) in [6.07, 6.45) is 2.80. The summed E-state index contributed by atoms with van der Waals surface area (Å²) >= 11 is 0. The van der Waals surface area contributed by atoms with E-state index in [2.05, 4.69) is 21.3 Å². The van der Waals surface area contributed by atoms with Crippen molar-refractivity contribution in [2.75, 3.05) is 24.6 Å². The van der Waals surface area contributed by atoms with E-state index in [0.717, 1.165) is 19.3 Å². The van der Waals surface area contributed by atoms with Crippen molar-refractivity contribution in [3.8, 4) is 0 Å². The Morgan fingerprint density at radius 2 is 1.42 bits per heavy atom. The molecule has 6 amide bonds. The maximum atomic E-state index is 11.4. The number of carbonyl (C=O) groups excluding carboxylic acids is 4. The molecule has 0 aromatic heterocycles. The molecule has 0 aliphatic heterocycles. The number of rotatable bonds is 11. The van der Waals surface area contributed by atoms with Crippen molar-refractivity contribution in [3.05, 3.63) is 0 Å². The number of hydrogen-bond acceptors (Lipinski definition) is 6. The van der Waals surface area contributed by atoms with Crippen LogP contribution >= 0.6 is 21.6 Å². The normalized spacial score (nSPS) is 9.92. The van der Waals surface area contributed by atoms with Crippen molar-refractivity contribution in [1.29, 1.82) is 0 Å². The number of urea groups is 2. The zero-order valence-electron chi connectivity index (χ0n) is 14.1. The molecular formula is C14H26N4O4S2. The molecule has 0 aromatic rings. The van der Waals surface area contributed by atoms with Crippen LogP contribution in [0.1, 0.15) is 39.5 Å². The van der Waals surface area contributed by atoms with Crippen molar-refractivity contribution in [2.24, 2.45) is 0 Å². The summed E-state index contributed by atoms with van der Waals surface area (Å²) < 4.78 is 0. The summed E-state index contributed by atoms with van der Waals surface area (Å²) in [6.45, 7) is 4.79. The lowest BCUT2D eigenvalue weighted by molar-refractivity contribution is -0.120. The van der Waals surface area contributed by atoms with E-state index < -0.39 is 12.1 Å². The van der Waals surface area contributed by atoms with Gasteiger partial charge in [0.1, 0.15) is 0 Å². The third-order valence-corrected chi connectivity index (χ3v) is 4.81. The summed E-state index contributed by atoms with van der Waals surface area (Å²) in [5.41, 5.74) is 0. The predicted octanol–water partition coefficient (Wildman–Crippen LogP) is 1.62. The molecular weight excluding hydrogens is 352 g/mol. The van der Waals surface area contributed by atoms with Crippen LogP contribution in [0.4, 0.5) is 9.59 Å². The van der Waals surface area contributed by atoms with E-state index in [9.17, 15) is 19.2 Å². The summed E-state index contributed by atoms with van der Waals surface area (Å²) in [5.74, 6) is 0.0744. The van der Waals surface area contributed by atoms with E-state index in [1.807, 2.05) is 13.8 Å². The fraction of sp³-hybridized carbons (Fsp3) is 0.714. The van der Waals surface area contributed by atoms with Gasteiger partial charge in [0.05, 0.1) is 5.75 Å². The lowest BCUT2D eigenvalue weighted by Crippen LogP contribution is -2.40. The maximum absolute atomic E-state index is 11.4. The van der Waals surface area contributed by atoms with Gasteiger partial charge in [0, 0.05) is 25.3 Å². The Morgan fingerprint density at radius 3 is 2.04 bits per heavy atom. The number of unbranched alkanes of at least 4 members (excludes halogenated alkanes) is 1. The molecule has 0 aromatic carbocycles. The highest BCUT2D eigenvalue weighted by molar-refractivity contribution is 8.76. The third kappa shape index (κ3) is 14.2. The zero-order chi connectivity index (χ0) is 18.2. The first-order valence-corrected chi connectivity index (χ1v) is 10.4. The van der Waals surface area contributed by atoms with Gasteiger partial charge in [0.25, 0.3) is 0 Å². The Morgan fingerprint density at radius 1 is 0.792 bits per heavy atom. The second-order valence-corrected chi connectivity index (χ2v) is 7.38. The second-order valence-electron chi connectivity index (χ2n) is 4.80. The number of amides is 6. The first-order chi connectivity index (χ1) is 11.5. The molecule has 24 heavy (non-hydrogen) atoms. The van der Waals surface area contributed by atoms with E-state index in [4.69, 9.17) is 0 Å². The summed E-state index contributed by atoms with van der Waals surface area (Å²) in [6, 6.07) is -0.995. The Balaban J connectivity index is 3.55. The number of hydrogen-bond donors (Lipinski definition) is 4. The monoisotopic (exact) mass is 378 g/mol. The highest BCUT2D eigenvalue weighted by Gasteiger charge is 2.08. The zero-order valence-corrected chi connectivity index (χ0v) is 15.7. The lowest BCUT2D eigenvalue weighted by atomic mass is 10.2. The van der Waals surface area contributed by atoms with Crippen LogP contribution in [0.25, 0.3) is 0 Å². The average Bonchev–Trinajstić information content (AvgIpc) is 2.54. The fourth-order valence-electron chi connectivity index (χ4n) is 1.38. The Kier molecular flexibility index (Phi) is 14.2. The Labute approximate surface area is 150 Å². The molecule has 0 spiro atoms. The molecule has 0 bridgehead atoms. The highest BCUT2D eigenvalue weighted by Crippen LogP contribution is 2.19. The van der Waals surface area contributed by atoms with Gasteiger partial charge in [0.2, 0.25) is 11.8 Å². The van der Waals surface area contributed by atoms with E-state index in [0.29, 0.717) is 25.3 Å². The SMILES string of the molecule is CCCCC(=O)NC(=O)NCCSSCC(=O)NC(=O)NCCC.